The van der Waals surface area contributed by atoms with Gasteiger partial charge in [0.2, 0.25) is 0 Å². The molecule has 84 valence electrons. The van der Waals surface area contributed by atoms with E-state index in [0.717, 1.165) is 6.54 Å². The van der Waals surface area contributed by atoms with Crippen LogP contribution < -0.4 is 0 Å². The second-order valence-corrected chi connectivity index (χ2v) is 4.79. The first kappa shape index (κ1) is 10.9. The van der Waals surface area contributed by atoms with Crippen molar-refractivity contribution < 1.29 is 0 Å². The molecule has 0 saturated carbocycles. The summed E-state index contributed by atoms with van der Waals surface area (Å²) in [6.07, 6.45) is 6.65. The van der Waals surface area contributed by atoms with Crippen LogP contribution >= 0.6 is 0 Å². The maximum Gasteiger partial charge on any atom is 0.0868 e. The SMILES string of the molecule is N#CCN1CCCCC1CN1CCCC1. The van der Waals surface area contributed by atoms with Gasteiger partial charge in [0.25, 0.3) is 0 Å². The quantitative estimate of drug-likeness (QED) is 0.656. The summed E-state index contributed by atoms with van der Waals surface area (Å²) in [6, 6.07) is 2.95. The number of nitriles is 1. The summed E-state index contributed by atoms with van der Waals surface area (Å²) in [7, 11) is 0. The molecule has 2 heterocycles. The van der Waals surface area contributed by atoms with Gasteiger partial charge in [-0.05, 0) is 45.3 Å². The van der Waals surface area contributed by atoms with Crippen molar-refractivity contribution >= 4 is 0 Å². The minimum Gasteiger partial charge on any atom is -0.302 e. The normalized spacial score (nSPS) is 29.1. The maximum absolute atomic E-state index is 8.79. The Kier molecular flexibility index (Phi) is 3.99. The molecular formula is C12H21N3. The van der Waals surface area contributed by atoms with E-state index in [-0.39, 0.29) is 0 Å². The summed E-state index contributed by atoms with van der Waals surface area (Å²) in [5.41, 5.74) is 0. The number of rotatable bonds is 3. The Morgan fingerprint density at radius 2 is 1.80 bits per heavy atom. The van der Waals surface area contributed by atoms with E-state index in [4.69, 9.17) is 5.26 Å². The van der Waals surface area contributed by atoms with Crippen molar-refractivity contribution in [2.75, 3.05) is 32.7 Å². The van der Waals surface area contributed by atoms with Crippen LogP contribution in [0.5, 0.6) is 0 Å². The monoisotopic (exact) mass is 207 g/mol. The second kappa shape index (κ2) is 5.48. The smallest absolute Gasteiger partial charge is 0.0868 e. The van der Waals surface area contributed by atoms with Crippen molar-refractivity contribution in [1.29, 1.82) is 5.26 Å². The average molecular weight is 207 g/mol. The van der Waals surface area contributed by atoms with Crippen LogP contribution in [0.15, 0.2) is 0 Å². The molecule has 2 fully saturated rings. The van der Waals surface area contributed by atoms with Gasteiger partial charge in [-0.2, -0.15) is 5.26 Å². The number of likely N-dealkylation sites (tertiary alicyclic amines) is 2. The number of hydrogen-bond donors (Lipinski definition) is 0. The van der Waals surface area contributed by atoms with Gasteiger partial charge in [-0.15, -0.1) is 0 Å². The summed E-state index contributed by atoms with van der Waals surface area (Å²) < 4.78 is 0. The van der Waals surface area contributed by atoms with Gasteiger partial charge < -0.3 is 4.90 Å². The minimum absolute atomic E-state index is 0.624. The van der Waals surface area contributed by atoms with Crippen molar-refractivity contribution in [3.63, 3.8) is 0 Å². The molecule has 0 aromatic heterocycles. The molecule has 15 heavy (non-hydrogen) atoms. The van der Waals surface area contributed by atoms with Crippen LogP contribution in [-0.2, 0) is 0 Å². The highest BCUT2D eigenvalue weighted by Gasteiger charge is 2.25. The van der Waals surface area contributed by atoms with Crippen molar-refractivity contribution in [2.24, 2.45) is 0 Å². The van der Waals surface area contributed by atoms with Crippen LogP contribution in [0.2, 0.25) is 0 Å². The van der Waals surface area contributed by atoms with Gasteiger partial charge in [-0.1, -0.05) is 6.42 Å². The Hall–Kier alpha value is -0.590. The summed E-state index contributed by atoms with van der Waals surface area (Å²) in [5.74, 6) is 0. The van der Waals surface area contributed by atoms with E-state index in [0.29, 0.717) is 12.6 Å². The molecule has 0 aromatic rings. The Bertz CT molecular complexity index is 228. The first-order valence-corrected chi connectivity index (χ1v) is 6.23. The Morgan fingerprint density at radius 3 is 2.53 bits per heavy atom. The van der Waals surface area contributed by atoms with Gasteiger partial charge in [-0.25, -0.2) is 0 Å². The van der Waals surface area contributed by atoms with E-state index < -0.39 is 0 Å². The maximum atomic E-state index is 8.79. The fraction of sp³-hybridized carbons (Fsp3) is 0.917. The van der Waals surface area contributed by atoms with E-state index in [2.05, 4.69) is 15.9 Å². The zero-order chi connectivity index (χ0) is 10.5. The van der Waals surface area contributed by atoms with Gasteiger partial charge in [0, 0.05) is 12.6 Å². The first-order valence-electron chi connectivity index (χ1n) is 6.23. The van der Waals surface area contributed by atoms with Crippen LogP contribution in [0.4, 0.5) is 0 Å². The van der Waals surface area contributed by atoms with Gasteiger partial charge in [-0.3, -0.25) is 4.90 Å². The lowest BCUT2D eigenvalue weighted by atomic mass is 10.0. The molecule has 2 aliphatic rings. The topological polar surface area (TPSA) is 30.3 Å². The van der Waals surface area contributed by atoms with Gasteiger partial charge in [0.1, 0.15) is 0 Å². The van der Waals surface area contributed by atoms with E-state index in [1.807, 2.05) is 0 Å². The average Bonchev–Trinajstić information content (AvgIpc) is 2.74. The third kappa shape index (κ3) is 2.93. The lowest BCUT2D eigenvalue weighted by Crippen LogP contribution is -2.46. The Labute approximate surface area is 92.7 Å². The largest absolute Gasteiger partial charge is 0.302 e. The molecule has 1 atom stereocenters. The summed E-state index contributed by atoms with van der Waals surface area (Å²) in [5, 5.41) is 8.79. The predicted molar refractivity (Wildman–Crippen MR) is 60.5 cm³/mol. The molecule has 3 heteroatoms. The Morgan fingerprint density at radius 1 is 1.07 bits per heavy atom. The molecule has 0 aromatic carbocycles. The molecule has 2 aliphatic heterocycles. The fourth-order valence-corrected chi connectivity index (χ4v) is 2.83. The molecule has 0 amide bonds. The van der Waals surface area contributed by atoms with Gasteiger partial charge in [0.05, 0.1) is 12.6 Å². The molecule has 2 saturated heterocycles. The van der Waals surface area contributed by atoms with E-state index in [9.17, 15) is 0 Å². The highest BCUT2D eigenvalue weighted by molar-refractivity contribution is 4.86. The highest BCUT2D eigenvalue weighted by atomic mass is 15.2. The standard InChI is InChI=1S/C12H21N3/c13-6-10-15-9-2-1-5-12(15)11-14-7-3-4-8-14/h12H,1-5,7-11H2. The van der Waals surface area contributed by atoms with Crippen molar-refractivity contribution in [3.05, 3.63) is 0 Å². The van der Waals surface area contributed by atoms with Crippen molar-refractivity contribution in [1.82, 2.24) is 9.80 Å². The van der Waals surface area contributed by atoms with Crippen molar-refractivity contribution in [2.45, 2.75) is 38.1 Å². The van der Waals surface area contributed by atoms with E-state index >= 15 is 0 Å². The summed E-state index contributed by atoms with van der Waals surface area (Å²) in [6.45, 7) is 5.50. The first-order chi connectivity index (χ1) is 7.40. The minimum atomic E-state index is 0.624. The summed E-state index contributed by atoms with van der Waals surface area (Å²) >= 11 is 0. The van der Waals surface area contributed by atoms with Crippen molar-refractivity contribution in [3.8, 4) is 6.07 Å². The molecule has 0 aliphatic carbocycles. The molecule has 2 rings (SSSR count). The number of hydrogen-bond acceptors (Lipinski definition) is 3. The number of piperidine rings is 1. The molecule has 0 radical (unpaired) electrons. The molecule has 3 nitrogen and oxygen atoms in total. The second-order valence-electron chi connectivity index (χ2n) is 4.79. The van der Waals surface area contributed by atoms with Gasteiger partial charge >= 0.3 is 0 Å². The van der Waals surface area contributed by atoms with Crippen LogP contribution in [-0.4, -0.2) is 48.6 Å². The highest BCUT2D eigenvalue weighted by Crippen LogP contribution is 2.19. The lowest BCUT2D eigenvalue weighted by molar-refractivity contribution is 0.127. The van der Waals surface area contributed by atoms with Crippen LogP contribution in [0.25, 0.3) is 0 Å². The number of nitrogens with zero attached hydrogens (tertiary/aromatic N) is 3. The van der Waals surface area contributed by atoms with Gasteiger partial charge in [0.15, 0.2) is 0 Å². The molecule has 0 spiro atoms. The van der Waals surface area contributed by atoms with Crippen LogP contribution in [0.3, 0.4) is 0 Å². The van der Waals surface area contributed by atoms with Crippen LogP contribution in [0.1, 0.15) is 32.1 Å². The third-order valence-corrected chi connectivity index (χ3v) is 3.69. The molecule has 0 bridgehead atoms. The summed E-state index contributed by atoms with van der Waals surface area (Å²) in [4.78, 5) is 4.95. The fourth-order valence-electron chi connectivity index (χ4n) is 2.83. The predicted octanol–water partition coefficient (Wildman–Crippen LogP) is 1.46. The van der Waals surface area contributed by atoms with Crippen LogP contribution in [0, 0.1) is 11.3 Å². The Balaban J connectivity index is 1.84. The molecular weight excluding hydrogens is 186 g/mol. The molecule has 0 N–H and O–H groups in total. The third-order valence-electron chi connectivity index (χ3n) is 3.69. The lowest BCUT2D eigenvalue weighted by Gasteiger charge is -2.36. The zero-order valence-electron chi connectivity index (χ0n) is 9.49. The zero-order valence-corrected chi connectivity index (χ0v) is 9.49. The van der Waals surface area contributed by atoms with E-state index in [1.54, 1.807) is 0 Å². The molecule has 1 unspecified atom stereocenters. The van der Waals surface area contributed by atoms with E-state index in [1.165, 1.54) is 51.7 Å².